The third kappa shape index (κ3) is 2.88. The van der Waals surface area contributed by atoms with Gasteiger partial charge in [0.1, 0.15) is 5.00 Å². The zero-order valence-corrected chi connectivity index (χ0v) is 12.4. The summed E-state index contributed by atoms with van der Waals surface area (Å²) in [6, 6.07) is 5.44. The fourth-order valence-corrected chi connectivity index (χ4v) is 2.59. The normalized spacial score (nSPS) is 10.3. The topological polar surface area (TPSA) is 54.0 Å². The minimum atomic E-state index is -0.185. The average Bonchev–Trinajstić information content (AvgIpc) is 2.75. The molecule has 1 heterocycles. The van der Waals surface area contributed by atoms with Crippen molar-refractivity contribution in [3.05, 3.63) is 40.0 Å². The van der Waals surface area contributed by atoms with Gasteiger partial charge in [0.15, 0.2) is 0 Å². The van der Waals surface area contributed by atoms with Gasteiger partial charge in [-0.2, -0.15) is 4.37 Å². The molecule has 0 unspecified atom stereocenters. The molecule has 1 amide bonds. The summed E-state index contributed by atoms with van der Waals surface area (Å²) >= 11 is 7.31. The van der Waals surface area contributed by atoms with E-state index in [1.807, 2.05) is 26.0 Å². The largest absolute Gasteiger partial charge is 0.378 e. The maximum absolute atomic E-state index is 12.2. The molecule has 0 aliphatic heterocycles. The van der Waals surface area contributed by atoms with Gasteiger partial charge >= 0.3 is 0 Å². The van der Waals surface area contributed by atoms with Crippen molar-refractivity contribution in [3.8, 4) is 0 Å². The summed E-state index contributed by atoms with van der Waals surface area (Å²) in [6.07, 6.45) is 0. The number of halogens is 1. The van der Waals surface area contributed by atoms with E-state index >= 15 is 0 Å². The Bertz CT molecular complexity index is 624. The maximum Gasteiger partial charge on any atom is 0.260 e. The Kier molecular flexibility index (Phi) is 4.07. The Balaban J connectivity index is 2.25. The van der Waals surface area contributed by atoms with Crippen LogP contribution in [0.5, 0.6) is 0 Å². The first kappa shape index (κ1) is 13.8. The number of amides is 1. The second-order valence-corrected chi connectivity index (χ2v) is 5.32. The molecule has 0 atom stereocenters. The second kappa shape index (κ2) is 5.59. The molecular formula is C13H14ClN3OS. The highest BCUT2D eigenvalue weighted by atomic mass is 35.5. The lowest BCUT2D eigenvalue weighted by atomic mass is 10.2. The number of carbonyl (C=O) groups excluding carboxylic acids is 1. The number of hydrogen-bond donors (Lipinski definition) is 2. The van der Waals surface area contributed by atoms with Gasteiger partial charge < -0.3 is 10.6 Å². The molecule has 2 rings (SSSR count). The zero-order valence-electron chi connectivity index (χ0n) is 10.9. The summed E-state index contributed by atoms with van der Waals surface area (Å²) in [7, 11) is 1.77. The van der Waals surface area contributed by atoms with Crippen molar-refractivity contribution in [2.75, 3.05) is 17.7 Å². The smallest absolute Gasteiger partial charge is 0.260 e. The van der Waals surface area contributed by atoms with E-state index in [1.54, 1.807) is 13.1 Å². The quantitative estimate of drug-likeness (QED) is 0.907. The Morgan fingerprint density at radius 3 is 2.74 bits per heavy atom. The van der Waals surface area contributed by atoms with Gasteiger partial charge in [-0.15, -0.1) is 0 Å². The van der Waals surface area contributed by atoms with E-state index in [4.69, 9.17) is 11.6 Å². The molecule has 0 saturated heterocycles. The van der Waals surface area contributed by atoms with Crippen LogP contribution in [0.4, 0.5) is 10.7 Å². The second-order valence-electron chi connectivity index (χ2n) is 4.14. The summed E-state index contributed by atoms with van der Waals surface area (Å²) in [4.78, 5) is 12.2. The highest BCUT2D eigenvalue weighted by molar-refractivity contribution is 7.10. The Labute approximate surface area is 121 Å². The van der Waals surface area contributed by atoms with Crippen molar-refractivity contribution < 1.29 is 4.79 Å². The fraction of sp³-hybridized carbons (Fsp3) is 0.231. The highest BCUT2D eigenvalue weighted by Crippen LogP contribution is 2.26. The van der Waals surface area contributed by atoms with E-state index in [2.05, 4.69) is 15.0 Å². The summed E-state index contributed by atoms with van der Waals surface area (Å²) in [5, 5.41) is 7.19. The van der Waals surface area contributed by atoms with Gasteiger partial charge in [-0.25, -0.2) is 0 Å². The summed E-state index contributed by atoms with van der Waals surface area (Å²) in [6.45, 7) is 3.73. The first-order chi connectivity index (χ1) is 9.02. The number of nitrogens with one attached hydrogen (secondary N) is 2. The number of anilines is 2. The number of aromatic nitrogens is 1. The molecule has 2 aromatic rings. The van der Waals surface area contributed by atoms with Crippen LogP contribution in [0.2, 0.25) is 5.02 Å². The average molecular weight is 296 g/mol. The van der Waals surface area contributed by atoms with Gasteiger partial charge in [-0.1, -0.05) is 17.7 Å². The van der Waals surface area contributed by atoms with Gasteiger partial charge in [-0.3, -0.25) is 4.79 Å². The molecule has 0 spiro atoms. The first-order valence-corrected chi connectivity index (χ1v) is 6.89. The van der Waals surface area contributed by atoms with Crippen LogP contribution in [-0.4, -0.2) is 17.3 Å². The molecule has 1 aromatic heterocycles. The number of nitrogens with zero attached hydrogens (tertiary/aromatic N) is 1. The number of benzene rings is 1. The van der Waals surface area contributed by atoms with Gasteiger partial charge in [0.2, 0.25) is 0 Å². The molecule has 0 fully saturated rings. The van der Waals surface area contributed by atoms with Crippen LogP contribution in [0.25, 0.3) is 0 Å². The van der Waals surface area contributed by atoms with E-state index in [9.17, 15) is 4.79 Å². The molecule has 19 heavy (non-hydrogen) atoms. The lowest BCUT2D eigenvalue weighted by Gasteiger charge is -2.07. The molecule has 4 nitrogen and oxygen atoms in total. The molecule has 0 radical (unpaired) electrons. The predicted octanol–water partition coefficient (Wildman–Crippen LogP) is 3.71. The summed E-state index contributed by atoms with van der Waals surface area (Å²) in [5.41, 5.74) is 2.94. The lowest BCUT2D eigenvalue weighted by molar-refractivity contribution is 0.102. The molecule has 0 aliphatic carbocycles. The van der Waals surface area contributed by atoms with E-state index < -0.39 is 0 Å². The lowest BCUT2D eigenvalue weighted by Crippen LogP contribution is -2.14. The Morgan fingerprint density at radius 1 is 1.37 bits per heavy atom. The Morgan fingerprint density at radius 2 is 2.11 bits per heavy atom. The van der Waals surface area contributed by atoms with Gasteiger partial charge in [0.25, 0.3) is 5.91 Å². The van der Waals surface area contributed by atoms with Crippen molar-refractivity contribution in [1.29, 1.82) is 0 Å². The van der Waals surface area contributed by atoms with Crippen molar-refractivity contribution in [2.45, 2.75) is 13.8 Å². The van der Waals surface area contributed by atoms with E-state index in [0.717, 1.165) is 10.6 Å². The molecule has 6 heteroatoms. The zero-order chi connectivity index (χ0) is 14.0. The fourth-order valence-electron chi connectivity index (χ4n) is 1.67. The molecule has 100 valence electrons. The minimum Gasteiger partial charge on any atom is -0.378 e. The van der Waals surface area contributed by atoms with Crippen LogP contribution in [0.3, 0.4) is 0 Å². The summed E-state index contributed by atoms with van der Waals surface area (Å²) in [5.74, 6) is -0.185. The highest BCUT2D eigenvalue weighted by Gasteiger charge is 2.17. The third-order valence-electron chi connectivity index (χ3n) is 2.75. The number of carbonyl (C=O) groups is 1. The standard InChI is InChI=1S/C13H14ClN3OS/c1-7-4-5-9(6-10(7)14)16-12(18)11-8(2)17-19-13(11)15-3/h4-6,15H,1-3H3,(H,16,18). The van der Waals surface area contributed by atoms with Gasteiger partial charge in [0.05, 0.1) is 11.3 Å². The van der Waals surface area contributed by atoms with Gasteiger partial charge in [-0.05, 0) is 43.1 Å². The van der Waals surface area contributed by atoms with E-state index in [-0.39, 0.29) is 5.91 Å². The van der Waals surface area contributed by atoms with Crippen LogP contribution in [-0.2, 0) is 0 Å². The maximum atomic E-state index is 12.2. The van der Waals surface area contributed by atoms with E-state index in [0.29, 0.717) is 22.0 Å². The van der Waals surface area contributed by atoms with Crippen molar-refractivity contribution in [1.82, 2.24) is 4.37 Å². The Hall–Kier alpha value is -1.59. The van der Waals surface area contributed by atoms with Gasteiger partial charge in [0, 0.05) is 17.8 Å². The van der Waals surface area contributed by atoms with Crippen molar-refractivity contribution >= 4 is 39.7 Å². The predicted molar refractivity (Wildman–Crippen MR) is 80.5 cm³/mol. The molecule has 0 bridgehead atoms. The summed E-state index contributed by atoms with van der Waals surface area (Å²) < 4.78 is 4.17. The van der Waals surface area contributed by atoms with Crippen LogP contribution >= 0.6 is 23.1 Å². The monoisotopic (exact) mass is 295 g/mol. The van der Waals surface area contributed by atoms with Crippen molar-refractivity contribution in [2.24, 2.45) is 0 Å². The number of rotatable bonds is 3. The number of aryl methyl sites for hydroxylation is 2. The van der Waals surface area contributed by atoms with E-state index in [1.165, 1.54) is 11.5 Å². The SMILES string of the molecule is CNc1snc(C)c1C(=O)Nc1ccc(C)c(Cl)c1. The van der Waals surface area contributed by atoms with Crippen LogP contribution in [0, 0.1) is 13.8 Å². The van der Waals surface area contributed by atoms with Crippen LogP contribution < -0.4 is 10.6 Å². The van der Waals surface area contributed by atoms with Crippen molar-refractivity contribution in [3.63, 3.8) is 0 Å². The molecule has 0 aliphatic rings. The molecule has 2 N–H and O–H groups in total. The third-order valence-corrected chi connectivity index (χ3v) is 4.11. The minimum absolute atomic E-state index is 0.185. The molecule has 0 saturated carbocycles. The van der Waals surface area contributed by atoms with Crippen LogP contribution in [0.1, 0.15) is 21.6 Å². The molecule has 1 aromatic carbocycles. The van der Waals surface area contributed by atoms with Crippen LogP contribution in [0.15, 0.2) is 18.2 Å². The molecular weight excluding hydrogens is 282 g/mol. The number of hydrogen-bond acceptors (Lipinski definition) is 4. The first-order valence-electron chi connectivity index (χ1n) is 5.74.